The largest absolute Gasteiger partial charge is 0.496 e. The Morgan fingerprint density at radius 3 is 2.82 bits per heavy atom. The van der Waals surface area contributed by atoms with E-state index in [1.807, 2.05) is 36.4 Å². The van der Waals surface area contributed by atoms with E-state index in [1.165, 1.54) is 0 Å². The second-order valence-corrected chi connectivity index (χ2v) is 3.70. The molecule has 2 aromatic rings. The van der Waals surface area contributed by atoms with E-state index in [0.29, 0.717) is 0 Å². The summed E-state index contributed by atoms with van der Waals surface area (Å²) in [4.78, 5) is 11.3. The first-order chi connectivity index (χ1) is 8.24. The fraction of sp³-hybridized carbons (Fsp3) is 0.154. The summed E-state index contributed by atoms with van der Waals surface area (Å²) in [5.41, 5.74) is 4.27. The number of hydrogen-bond acceptors (Lipinski definition) is 2. The van der Waals surface area contributed by atoms with Crippen molar-refractivity contribution in [2.24, 2.45) is 0 Å². The lowest BCUT2D eigenvalue weighted by Gasteiger charge is -2.09. The Balaban J connectivity index is 2.48. The van der Waals surface area contributed by atoms with Crippen LogP contribution in [-0.4, -0.2) is 19.6 Å². The van der Waals surface area contributed by atoms with Gasteiger partial charge < -0.3 is 15.8 Å². The zero-order valence-corrected chi connectivity index (χ0v) is 9.69. The number of fused-ring (bicyclic) bond motifs is 1. The molecule has 17 heavy (non-hydrogen) atoms. The van der Waals surface area contributed by atoms with E-state index in [9.17, 15) is 4.79 Å². The van der Waals surface area contributed by atoms with Crippen LogP contribution >= 0.6 is 0 Å². The van der Waals surface area contributed by atoms with Crippen molar-refractivity contribution in [1.82, 2.24) is 0 Å². The molecule has 0 saturated carbocycles. The van der Waals surface area contributed by atoms with E-state index < -0.39 is 0 Å². The molecular weight excluding hydrogens is 216 g/mol. The number of carbonyl (C=O) groups is 1. The maximum atomic E-state index is 11.3. The van der Waals surface area contributed by atoms with E-state index in [1.54, 1.807) is 7.11 Å². The zero-order valence-electron chi connectivity index (χ0n) is 9.69. The summed E-state index contributed by atoms with van der Waals surface area (Å²) in [5.74, 6) is 0.643. The third-order valence-corrected chi connectivity index (χ3v) is 2.55. The topological polar surface area (TPSA) is 66.0 Å². The van der Waals surface area contributed by atoms with Crippen molar-refractivity contribution < 1.29 is 15.3 Å². The van der Waals surface area contributed by atoms with Crippen molar-refractivity contribution in [3.8, 4) is 5.75 Å². The van der Waals surface area contributed by atoms with Crippen LogP contribution in [0.1, 0.15) is 0 Å². The highest BCUT2D eigenvalue weighted by molar-refractivity contribution is 5.97. The molecule has 0 atom stereocenters. The average molecular weight is 231 g/mol. The smallest absolute Gasteiger partial charge is 0.279 e. The molecule has 1 amide bonds. The second kappa shape index (κ2) is 4.84. The van der Waals surface area contributed by atoms with E-state index in [4.69, 9.17) is 4.74 Å². The Kier molecular flexibility index (Phi) is 3.25. The molecule has 0 radical (unpaired) electrons. The lowest BCUT2D eigenvalue weighted by Crippen LogP contribution is -2.55. The number of ether oxygens (including phenoxy) is 1. The highest BCUT2D eigenvalue weighted by Gasteiger charge is 2.06. The van der Waals surface area contributed by atoms with Crippen LogP contribution in [0.15, 0.2) is 36.4 Å². The summed E-state index contributed by atoms with van der Waals surface area (Å²) in [6.07, 6.45) is 0. The van der Waals surface area contributed by atoms with Crippen LogP contribution < -0.4 is 15.8 Å². The summed E-state index contributed by atoms with van der Waals surface area (Å²) in [5, 5.41) is 4.84. The Morgan fingerprint density at radius 1 is 1.35 bits per heavy atom. The molecule has 0 unspecified atom stereocenters. The minimum absolute atomic E-state index is 0.109. The predicted molar refractivity (Wildman–Crippen MR) is 66.9 cm³/mol. The van der Waals surface area contributed by atoms with Gasteiger partial charge in [-0.1, -0.05) is 24.3 Å². The summed E-state index contributed by atoms with van der Waals surface area (Å²) < 4.78 is 5.32. The predicted octanol–water partition coefficient (Wildman–Crippen LogP) is 1.03. The molecule has 0 heterocycles. The average Bonchev–Trinajstić information content (AvgIpc) is 2.37. The number of benzene rings is 2. The minimum atomic E-state index is -0.109. The molecule has 0 spiro atoms. The van der Waals surface area contributed by atoms with Gasteiger partial charge in [0.1, 0.15) is 5.75 Å². The van der Waals surface area contributed by atoms with Crippen molar-refractivity contribution in [3.05, 3.63) is 36.4 Å². The Bertz CT molecular complexity index is 552. The molecule has 4 heteroatoms. The van der Waals surface area contributed by atoms with Crippen LogP contribution in [0.3, 0.4) is 0 Å². The van der Waals surface area contributed by atoms with Gasteiger partial charge in [-0.15, -0.1) is 0 Å². The van der Waals surface area contributed by atoms with Crippen molar-refractivity contribution in [3.63, 3.8) is 0 Å². The summed E-state index contributed by atoms with van der Waals surface area (Å²) in [6.45, 7) is 0.217. The van der Waals surface area contributed by atoms with Gasteiger partial charge in [0, 0.05) is 17.1 Å². The maximum Gasteiger partial charge on any atom is 0.279 e. The number of quaternary nitrogens is 1. The van der Waals surface area contributed by atoms with Crippen LogP contribution in [0, 0.1) is 0 Å². The Hall–Kier alpha value is -2.07. The molecule has 0 fully saturated rings. The number of carbonyl (C=O) groups excluding carboxylic acids is 1. The van der Waals surface area contributed by atoms with Crippen molar-refractivity contribution in [2.75, 3.05) is 19.0 Å². The molecule has 4 N–H and O–H groups in total. The number of amides is 1. The standard InChI is InChI=1S/C13H14N2O2/c1-17-12-7-10(15-13(16)8-14)6-9-4-2-3-5-11(9)12/h2-7H,8,14H2,1H3,(H,15,16)/p+1. The van der Waals surface area contributed by atoms with Gasteiger partial charge in [0.15, 0.2) is 6.54 Å². The number of methoxy groups -OCH3 is 1. The van der Waals surface area contributed by atoms with Crippen LogP contribution in [-0.2, 0) is 4.79 Å². The van der Waals surface area contributed by atoms with Gasteiger partial charge in [-0.3, -0.25) is 4.79 Å². The summed E-state index contributed by atoms with van der Waals surface area (Å²) >= 11 is 0. The third kappa shape index (κ3) is 2.37. The first kappa shape index (κ1) is 11.4. The summed E-state index contributed by atoms with van der Waals surface area (Å²) in [6, 6.07) is 11.6. The highest BCUT2D eigenvalue weighted by Crippen LogP contribution is 2.29. The monoisotopic (exact) mass is 231 g/mol. The molecule has 88 valence electrons. The number of rotatable bonds is 3. The van der Waals surface area contributed by atoms with Gasteiger partial charge in [-0.05, 0) is 11.5 Å². The molecule has 2 aromatic carbocycles. The first-order valence-electron chi connectivity index (χ1n) is 5.40. The van der Waals surface area contributed by atoms with Crippen LogP contribution in [0.4, 0.5) is 5.69 Å². The van der Waals surface area contributed by atoms with Crippen LogP contribution in [0.2, 0.25) is 0 Å². The van der Waals surface area contributed by atoms with E-state index in [2.05, 4.69) is 11.1 Å². The number of anilines is 1. The molecule has 4 nitrogen and oxygen atoms in total. The first-order valence-corrected chi connectivity index (χ1v) is 5.40. The quantitative estimate of drug-likeness (QED) is 0.828. The Labute approximate surface area is 99.4 Å². The van der Waals surface area contributed by atoms with Crippen LogP contribution in [0.5, 0.6) is 5.75 Å². The maximum absolute atomic E-state index is 11.3. The van der Waals surface area contributed by atoms with Crippen molar-refractivity contribution >= 4 is 22.4 Å². The second-order valence-electron chi connectivity index (χ2n) is 3.70. The van der Waals surface area contributed by atoms with Gasteiger partial charge in [0.25, 0.3) is 5.91 Å². The number of nitrogens with one attached hydrogen (secondary N) is 1. The molecule has 0 aromatic heterocycles. The number of hydrogen-bond donors (Lipinski definition) is 2. The minimum Gasteiger partial charge on any atom is -0.496 e. The fourth-order valence-electron chi connectivity index (χ4n) is 1.74. The molecular formula is C13H15N2O2+. The lowest BCUT2D eigenvalue weighted by atomic mass is 10.1. The highest BCUT2D eigenvalue weighted by atomic mass is 16.5. The van der Waals surface area contributed by atoms with Crippen molar-refractivity contribution in [2.45, 2.75) is 0 Å². The van der Waals surface area contributed by atoms with Gasteiger partial charge >= 0.3 is 0 Å². The summed E-state index contributed by atoms with van der Waals surface area (Å²) in [7, 11) is 1.62. The van der Waals surface area contributed by atoms with Crippen molar-refractivity contribution in [1.29, 1.82) is 0 Å². The van der Waals surface area contributed by atoms with Gasteiger partial charge in [-0.25, -0.2) is 0 Å². The fourth-order valence-corrected chi connectivity index (χ4v) is 1.74. The molecule has 0 aliphatic carbocycles. The van der Waals surface area contributed by atoms with E-state index in [-0.39, 0.29) is 12.5 Å². The third-order valence-electron chi connectivity index (χ3n) is 2.55. The molecule has 0 saturated heterocycles. The lowest BCUT2D eigenvalue weighted by molar-refractivity contribution is -0.353. The van der Waals surface area contributed by atoms with Gasteiger partial charge in [0.05, 0.1) is 7.11 Å². The molecule has 0 aliphatic rings. The SMILES string of the molecule is COc1cc(NC(=O)C[NH3+])cc2ccccc12. The van der Waals surface area contributed by atoms with E-state index in [0.717, 1.165) is 22.2 Å². The van der Waals surface area contributed by atoms with Crippen LogP contribution in [0.25, 0.3) is 10.8 Å². The normalized spacial score (nSPS) is 10.2. The zero-order chi connectivity index (χ0) is 12.3. The van der Waals surface area contributed by atoms with E-state index >= 15 is 0 Å². The molecule has 0 bridgehead atoms. The van der Waals surface area contributed by atoms with Gasteiger partial charge in [0.2, 0.25) is 0 Å². The molecule has 0 aliphatic heterocycles. The van der Waals surface area contributed by atoms with Gasteiger partial charge in [-0.2, -0.15) is 0 Å². The molecule has 2 rings (SSSR count). The Morgan fingerprint density at radius 2 is 2.12 bits per heavy atom.